The highest BCUT2D eigenvalue weighted by Crippen LogP contribution is 2.41. The van der Waals surface area contributed by atoms with E-state index in [4.69, 9.17) is 9.40 Å². The van der Waals surface area contributed by atoms with E-state index < -0.39 is 0 Å². The summed E-state index contributed by atoms with van der Waals surface area (Å²) in [5, 5.41) is 4.59. The number of hydrogen-bond donors (Lipinski definition) is 0. The van der Waals surface area contributed by atoms with Crippen molar-refractivity contribution in [2.75, 3.05) is 0 Å². The minimum Gasteiger partial charge on any atom is -0.454 e. The average Bonchev–Trinajstić information content (AvgIpc) is 3.99. The van der Waals surface area contributed by atoms with Gasteiger partial charge in [-0.05, 0) is 88.0 Å². The van der Waals surface area contributed by atoms with Crippen LogP contribution in [-0.4, -0.2) is 14.1 Å². The maximum absolute atomic E-state index is 6.95. The molecule has 0 amide bonds. The van der Waals surface area contributed by atoms with Crippen LogP contribution in [0.1, 0.15) is 0 Å². The van der Waals surface area contributed by atoms with Crippen molar-refractivity contribution < 1.29 is 4.42 Å². The first-order chi connectivity index (χ1) is 29.2. The van der Waals surface area contributed by atoms with Crippen LogP contribution in [0, 0.1) is 0 Å². The van der Waals surface area contributed by atoms with Gasteiger partial charge in [-0.25, -0.2) is 4.98 Å². The van der Waals surface area contributed by atoms with E-state index >= 15 is 0 Å². The Labute approximate surface area is 340 Å². The van der Waals surface area contributed by atoms with E-state index in [1.165, 1.54) is 33.0 Å². The molecular weight excluding hydrogens is 719 g/mol. The molecule has 4 heteroatoms. The predicted octanol–water partition coefficient (Wildman–Crippen LogP) is 14.7. The van der Waals surface area contributed by atoms with Gasteiger partial charge in [0, 0.05) is 32.8 Å². The molecule has 0 aliphatic carbocycles. The second kappa shape index (κ2) is 13.3. The van der Waals surface area contributed by atoms with Crippen LogP contribution in [-0.2, 0) is 0 Å². The third-order valence-electron chi connectivity index (χ3n) is 11.8. The molecule has 59 heavy (non-hydrogen) atoms. The highest BCUT2D eigenvalue weighted by Gasteiger charge is 2.20. The Kier molecular flexibility index (Phi) is 7.50. The SMILES string of the molecule is c1ccc(-c2ccc3c4ccc(-c5ccccc5)cc4n(-c4cccc5c4oc4cc(-c6ccc(-c7nc8ccccc8n7-c7ccccc7)cc6)ccc45)c3c2)cc1. The van der Waals surface area contributed by atoms with Crippen LogP contribution in [0.25, 0.3) is 111 Å². The second-order valence-electron chi connectivity index (χ2n) is 15.2. The fourth-order valence-electron chi connectivity index (χ4n) is 8.91. The molecule has 3 heterocycles. The first kappa shape index (κ1) is 33.2. The molecule has 0 unspecified atom stereocenters. The molecule has 0 saturated heterocycles. The van der Waals surface area contributed by atoms with Crippen molar-refractivity contribution in [3.8, 4) is 56.1 Å². The second-order valence-corrected chi connectivity index (χ2v) is 15.2. The zero-order chi connectivity index (χ0) is 38.9. The molecule has 0 bridgehead atoms. The van der Waals surface area contributed by atoms with E-state index in [2.05, 4.69) is 209 Å². The third kappa shape index (κ3) is 5.42. The van der Waals surface area contributed by atoms with Crippen molar-refractivity contribution in [2.45, 2.75) is 0 Å². The standard InChI is InChI=1S/C55H35N3O/c1-4-13-36(14-5-1)40-27-30-44-45-31-28-41(37-15-6-2-7-16-37)34-52(45)58(51(44)33-40)50-22-12-19-47-46-32-29-42(35-53(46)59-54(47)50)38-23-25-39(26-24-38)55-56-48-20-10-11-21-49(48)57(55)43-17-8-3-9-18-43/h1-35H. The van der Waals surface area contributed by atoms with Gasteiger partial charge in [-0.3, -0.25) is 4.57 Å². The van der Waals surface area contributed by atoms with Crippen molar-refractivity contribution in [3.63, 3.8) is 0 Å². The number of rotatable bonds is 6. The number of para-hydroxylation sites is 4. The van der Waals surface area contributed by atoms with Crippen molar-refractivity contribution in [1.29, 1.82) is 0 Å². The Morgan fingerprint density at radius 1 is 0.339 bits per heavy atom. The largest absolute Gasteiger partial charge is 0.454 e. The third-order valence-corrected chi connectivity index (χ3v) is 11.8. The number of nitrogens with zero attached hydrogens (tertiary/aromatic N) is 3. The lowest BCUT2D eigenvalue weighted by Gasteiger charge is -2.10. The highest BCUT2D eigenvalue weighted by atomic mass is 16.3. The average molecular weight is 754 g/mol. The van der Waals surface area contributed by atoms with Gasteiger partial charge in [0.15, 0.2) is 5.58 Å². The molecule has 12 rings (SSSR count). The molecule has 9 aromatic carbocycles. The topological polar surface area (TPSA) is 35.9 Å². The number of imidazole rings is 1. The lowest BCUT2D eigenvalue weighted by Crippen LogP contribution is -1.97. The molecule has 12 aromatic rings. The molecule has 0 N–H and O–H groups in total. The van der Waals surface area contributed by atoms with Crippen LogP contribution in [0.3, 0.4) is 0 Å². The van der Waals surface area contributed by atoms with Gasteiger partial charge in [-0.1, -0.05) is 158 Å². The molecule has 4 nitrogen and oxygen atoms in total. The van der Waals surface area contributed by atoms with Crippen LogP contribution in [0.5, 0.6) is 0 Å². The summed E-state index contributed by atoms with van der Waals surface area (Å²) in [5.74, 6) is 0.918. The Bertz CT molecular complexity index is 3430. The van der Waals surface area contributed by atoms with Crippen LogP contribution >= 0.6 is 0 Å². The van der Waals surface area contributed by atoms with Gasteiger partial charge in [0.1, 0.15) is 11.4 Å². The van der Waals surface area contributed by atoms with Gasteiger partial charge < -0.3 is 8.98 Å². The van der Waals surface area contributed by atoms with Crippen LogP contribution in [0.2, 0.25) is 0 Å². The van der Waals surface area contributed by atoms with E-state index in [0.29, 0.717) is 0 Å². The quantitative estimate of drug-likeness (QED) is 0.169. The van der Waals surface area contributed by atoms with Gasteiger partial charge in [-0.15, -0.1) is 0 Å². The minimum absolute atomic E-state index is 0.857. The molecular formula is C55H35N3O. The van der Waals surface area contributed by atoms with Crippen molar-refractivity contribution in [1.82, 2.24) is 14.1 Å². The molecule has 0 aliphatic heterocycles. The Morgan fingerprint density at radius 3 is 1.53 bits per heavy atom. The zero-order valence-corrected chi connectivity index (χ0v) is 32.0. The number of fused-ring (bicyclic) bond motifs is 7. The Morgan fingerprint density at radius 2 is 0.864 bits per heavy atom. The molecule has 0 fully saturated rings. The van der Waals surface area contributed by atoms with Gasteiger partial charge >= 0.3 is 0 Å². The molecule has 276 valence electrons. The predicted molar refractivity (Wildman–Crippen MR) is 244 cm³/mol. The zero-order valence-electron chi connectivity index (χ0n) is 32.0. The molecule has 0 spiro atoms. The summed E-state index contributed by atoms with van der Waals surface area (Å²) in [5.41, 5.74) is 16.2. The normalized spacial score (nSPS) is 11.7. The minimum atomic E-state index is 0.857. The molecule has 0 saturated carbocycles. The summed E-state index contributed by atoms with van der Waals surface area (Å²) in [6.07, 6.45) is 0. The maximum atomic E-state index is 6.95. The molecule has 3 aromatic heterocycles. The fraction of sp³-hybridized carbons (Fsp3) is 0. The van der Waals surface area contributed by atoms with E-state index in [-0.39, 0.29) is 0 Å². The van der Waals surface area contributed by atoms with E-state index in [1.54, 1.807) is 0 Å². The van der Waals surface area contributed by atoms with Crippen LogP contribution in [0.15, 0.2) is 217 Å². The lowest BCUT2D eigenvalue weighted by molar-refractivity contribution is 0.666. The first-order valence-corrected chi connectivity index (χ1v) is 20.0. The Hall–Kier alpha value is -7.95. The molecule has 0 aliphatic rings. The van der Waals surface area contributed by atoms with E-state index in [9.17, 15) is 0 Å². The smallest absolute Gasteiger partial charge is 0.159 e. The van der Waals surface area contributed by atoms with Gasteiger partial charge in [-0.2, -0.15) is 0 Å². The van der Waals surface area contributed by atoms with Crippen LogP contribution < -0.4 is 0 Å². The summed E-state index contributed by atoms with van der Waals surface area (Å²) < 4.78 is 11.6. The summed E-state index contributed by atoms with van der Waals surface area (Å²) in [4.78, 5) is 5.08. The van der Waals surface area contributed by atoms with E-state index in [0.717, 1.165) is 77.9 Å². The maximum Gasteiger partial charge on any atom is 0.159 e. The van der Waals surface area contributed by atoms with Crippen molar-refractivity contribution in [2.24, 2.45) is 0 Å². The molecule has 0 atom stereocenters. The van der Waals surface area contributed by atoms with Crippen molar-refractivity contribution >= 4 is 54.8 Å². The monoisotopic (exact) mass is 753 g/mol. The summed E-state index contributed by atoms with van der Waals surface area (Å²) >= 11 is 0. The van der Waals surface area contributed by atoms with Gasteiger partial charge in [0.2, 0.25) is 0 Å². The molecule has 0 radical (unpaired) electrons. The summed E-state index contributed by atoms with van der Waals surface area (Å²) in [6.45, 7) is 0. The van der Waals surface area contributed by atoms with Crippen molar-refractivity contribution in [3.05, 3.63) is 212 Å². The fourth-order valence-corrected chi connectivity index (χ4v) is 8.91. The van der Waals surface area contributed by atoms with Gasteiger partial charge in [0.25, 0.3) is 0 Å². The number of aromatic nitrogens is 3. The lowest BCUT2D eigenvalue weighted by atomic mass is 10.0. The summed E-state index contributed by atoms with van der Waals surface area (Å²) in [7, 11) is 0. The number of hydrogen-bond acceptors (Lipinski definition) is 2. The first-order valence-electron chi connectivity index (χ1n) is 20.0. The highest BCUT2D eigenvalue weighted by molar-refractivity contribution is 6.14. The number of benzene rings is 9. The van der Waals surface area contributed by atoms with Gasteiger partial charge in [0.05, 0.1) is 27.8 Å². The van der Waals surface area contributed by atoms with Crippen LogP contribution in [0.4, 0.5) is 0 Å². The summed E-state index contributed by atoms with van der Waals surface area (Å²) in [6, 6.07) is 75.5. The van der Waals surface area contributed by atoms with E-state index in [1.807, 2.05) is 12.1 Å². The number of furan rings is 1. The Balaban J connectivity index is 0.996.